The van der Waals surface area contributed by atoms with Gasteiger partial charge in [0.25, 0.3) is 0 Å². The summed E-state index contributed by atoms with van der Waals surface area (Å²) in [7, 11) is 3.26. The van der Waals surface area contributed by atoms with Crippen molar-refractivity contribution in [1.29, 1.82) is 0 Å². The lowest BCUT2D eigenvalue weighted by Gasteiger charge is -2.14. The second-order valence-electron chi connectivity index (χ2n) is 5.93. The number of anilines is 1. The van der Waals surface area contributed by atoms with Gasteiger partial charge in [-0.3, -0.25) is 0 Å². The smallest absolute Gasteiger partial charge is 0.171 e. The maximum atomic E-state index is 5.37. The van der Waals surface area contributed by atoms with Crippen LogP contribution in [0.5, 0.6) is 11.5 Å². The van der Waals surface area contributed by atoms with E-state index in [2.05, 4.69) is 48.7 Å². The number of thiocarbonyl (C=S) groups is 1. The molecule has 0 fully saturated rings. The number of ether oxygens (including phenoxy) is 2. The average Bonchev–Trinajstić information content (AvgIpc) is 2.66. The molecule has 0 amide bonds. The van der Waals surface area contributed by atoms with Crippen LogP contribution in [0.25, 0.3) is 0 Å². The van der Waals surface area contributed by atoms with Crippen LogP contribution in [0.1, 0.15) is 37.3 Å². The molecule has 0 spiro atoms. The highest BCUT2D eigenvalue weighted by atomic mass is 32.1. The first-order valence-corrected chi connectivity index (χ1v) is 8.84. The SMILES string of the molecule is CCC(C)c1ccc(NC(=S)NCc2ccc(OC)c(OC)c2)cc1. The van der Waals surface area contributed by atoms with Crippen LogP contribution in [0, 0.1) is 0 Å². The molecule has 0 aliphatic rings. The standard InChI is InChI=1S/C20H26N2O2S/c1-5-14(2)16-7-9-17(10-8-16)22-20(25)21-13-15-6-11-18(23-3)19(12-15)24-4/h6-12,14H,5,13H2,1-4H3,(H2,21,22,25). The second kappa shape index (κ2) is 9.28. The summed E-state index contributed by atoms with van der Waals surface area (Å²) in [5.74, 6) is 2.00. The Bertz CT molecular complexity index is 701. The first-order valence-electron chi connectivity index (χ1n) is 8.43. The average molecular weight is 359 g/mol. The Balaban J connectivity index is 1.90. The fraction of sp³-hybridized carbons (Fsp3) is 0.350. The predicted octanol–water partition coefficient (Wildman–Crippen LogP) is 4.70. The molecule has 0 saturated heterocycles. The highest BCUT2D eigenvalue weighted by Crippen LogP contribution is 2.27. The van der Waals surface area contributed by atoms with Crippen molar-refractivity contribution in [2.75, 3.05) is 19.5 Å². The van der Waals surface area contributed by atoms with Crippen molar-refractivity contribution in [2.45, 2.75) is 32.7 Å². The highest BCUT2D eigenvalue weighted by Gasteiger charge is 2.06. The molecule has 2 rings (SSSR count). The van der Waals surface area contributed by atoms with Crippen molar-refractivity contribution in [3.05, 3.63) is 53.6 Å². The Morgan fingerprint density at radius 3 is 2.32 bits per heavy atom. The molecule has 1 unspecified atom stereocenters. The Kier molecular flexibility index (Phi) is 7.07. The number of hydrogen-bond donors (Lipinski definition) is 2. The fourth-order valence-corrected chi connectivity index (χ4v) is 2.67. The molecule has 0 aliphatic heterocycles. The summed E-state index contributed by atoms with van der Waals surface area (Å²) < 4.78 is 10.6. The van der Waals surface area contributed by atoms with Crippen molar-refractivity contribution in [3.63, 3.8) is 0 Å². The molecule has 0 radical (unpaired) electrons. The summed E-state index contributed by atoms with van der Waals surface area (Å²) >= 11 is 5.37. The van der Waals surface area contributed by atoms with Gasteiger partial charge in [-0.25, -0.2) is 0 Å². The third-order valence-electron chi connectivity index (χ3n) is 4.25. The third-order valence-corrected chi connectivity index (χ3v) is 4.50. The molecule has 25 heavy (non-hydrogen) atoms. The lowest BCUT2D eigenvalue weighted by molar-refractivity contribution is 0.354. The summed E-state index contributed by atoms with van der Waals surface area (Å²) in [6.45, 7) is 5.04. The molecule has 134 valence electrons. The van der Waals surface area contributed by atoms with Gasteiger partial charge in [0.1, 0.15) is 0 Å². The van der Waals surface area contributed by atoms with Gasteiger partial charge in [-0.1, -0.05) is 32.0 Å². The van der Waals surface area contributed by atoms with Crippen LogP contribution in [-0.2, 0) is 6.54 Å². The van der Waals surface area contributed by atoms with Gasteiger partial charge in [-0.15, -0.1) is 0 Å². The summed E-state index contributed by atoms with van der Waals surface area (Å²) in [6.07, 6.45) is 1.14. The summed E-state index contributed by atoms with van der Waals surface area (Å²) in [5.41, 5.74) is 3.39. The molecular weight excluding hydrogens is 332 g/mol. The summed E-state index contributed by atoms with van der Waals surface area (Å²) in [4.78, 5) is 0. The number of nitrogens with one attached hydrogen (secondary N) is 2. The van der Waals surface area contributed by atoms with Gasteiger partial charge < -0.3 is 20.1 Å². The third kappa shape index (κ3) is 5.36. The van der Waals surface area contributed by atoms with E-state index in [0.717, 1.165) is 17.7 Å². The molecule has 4 nitrogen and oxygen atoms in total. The first-order chi connectivity index (χ1) is 12.1. The first kappa shape index (κ1) is 19.1. The largest absolute Gasteiger partial charge is 0.493 e. The molecule has 0 heterocycles. The quantitative estimate of drug-likeness (QED) is 0.702. The second-order valence-corrected chi connectivity index (χ2v) is 6.34. The van der Waals surface area contributed by atoms with E-state index in [1.165, 1.54) is 5.56 Å². The monoisotopic (exact) mass is 358 g/mol. The van der Waals surface area contributed by atoms with Crippen LogP contribution >= 0.6 is 12.2 Å². The minimum absolute atomic E-state index is 0.573. The Morgan fingerprint density at radius 2 is 1.72 bits per heavy atom. The van der Waals surface area contributed by atoms with Crippen LogP contribution < -0.4 is 20.1 Å². The molecule has 0 bridgehead atoms. The van der Waals surface area contributed by atoms with E-state index in [4.69, 9.17) is 21.7 Å². The summed E-state index contributed by atoms with van der Waals surface area (Å²) in [5, 5.41) is 7.01. The molecular formula is C20H26N2O2S. The number of methoxy groups -OCH3 is 2. The molecule has 2 aromatic carbocycles. The van der Waals surface area contributed by atoms with Crippen molar-refractivity contribution in [3.8, 4) is 11.5 Å². The van der Waals surface area contributed by atoms with Gasteiger partial charge in [0.05, 0.1) is 14.2 Å². The van der Waals surface area contributed by atoms with Crippen molar-refractivity contribution in [1.82, 2.24) is 5.32 Å². The van der Waals surface area contributed by atoms with Crippen LogP contribution in [0.4, 0.5) is 5.69 Å². The van der Waals surface area contributed by atoms with Gasteiger partial charge in [-0.05, 0) is 59.9 Å². The van der Waals surface area contributed by atoms with E-state index in [9.17, 15) is 0 Å². The summed E-state index contributed by atoms with van der Waals surface area (Å²) in [6, 6.07) is 14.2. The van der Waals surface area contributed by atoms with Crippen molar-refractivity contribution < 1.29 is 9.47 Å². The van der Waals surface area contributed by atoms with Gasteiger partial charge in [0, 0.05) is 12.2 Å². The van der Waals surface area contributed by atoms with E-state index in [1.54, 1.807) is 14.2 Å². The van der Waals surface area contributed by atoms with E-state index in [-0.39, 0.29) is 0 Å². The molecule has 1 atom stereocenters. The molecule has 0 aromatic heterocycles. The molecule has 0 saturated carbocycles. The lowest BCUT2D eigenvalue weighted by atomic mass is 9.99. The maximum absolute atomic E-state index is 5.37. The zero-order valence-corrected chi connectivity index (χ0v) is 16.1. The zero-order chi connectivity index (χ0) is 18.2. The Morgan fingerprint density at radius 1 is 1.04 bits per heavy atom. The topological polar surface area (TPSA) is 42.5 Å². The molecule has 2 N–H and O–H groups in total. The minimum atomic E-state index is 0.573. The Labute approximate surface area is 155 Å². The van der Waals surface area contributed by atoms with E-state index in [0.29, 0.717) is 29.1 Å². The normalized spacial score (nSPS) is 11.5. The van der Waals surface area contributed by atoms with Gasteiger partial charge in [0.15, 0.2) is 16.6 Å². The van der Waals surface area contributed by atoms with Crippen LogP contribution in [0.15, 0.2) is 42.5 Å². The van der Waals surface area contributed by atoms with Crippen LogP contribution in [-0.4, -0.2) is 19.3 Å². The Hall–Kier alpha value is -2.27. The van der Waals surface area contributed by atoms with E-state index >= 15 is 0 Å². The van der Waals surface area contributed by atoms with Crippen LogP contribution in [0.2, 0.25) is 0 Å². The van der Waals surface area contributed by atoms with Gasteiger partial charge in [0.2, 0.25) is 0 Å². The number of benzene rings is 2. The van der Waals surface area contributed by atoms with Gasteiger partial charge >= 0.3 is 0 Å². The maximum Gasteiger partial charge on any atom is 0.171 e. The molecule has 0 aliphatic carbocycles. The van der Waals surface area contributed by atoms with E-state index in [1.807, 2.05) is 18.2 Å². The fourth-order valence-electron chi connectivity index (χ4n) is 2.48. The van der Waals surface area contributed by atoms with Crippen LogP contribution in [0.3, 0.4) is 0 Å². The highest BCUT2D eigenvalue weighted by molar-refractivity contribution is 7.80. The zero-order valence-electron chi connectivity index (χ0n) is 15.3. The number of rotatable bonds is 7. The van der Waals surface area contributed by atoms with Crippen molar-refractivity contribution >= 4 is 23.0 Å². The van der Waals surface area contributed by atoms with E-state index < -0.39 is 0 Å². The van der Waals surface area contributed by atoms with Gasteiger partial charge in [-0.2, -0.15) is 0 Å². The minimum Gasteiger partial charge on any atom is -0.493 e. The lowest BCUT2D eigenvalue weighted by Crippen LogP contribution is -2.27. The molecule has 2 aromatic rings. The van der Waals surface area contributed by atoms with Crippen molar-refractivity contribution in [2.24, 2.45) is 0 Å². The molecule has 5 heteroatoms. The predicted molar refractivity (Wildman–Crippen MR) is 108 cm³/mol. The number of hydrogen-bond acceptors (Lipinski definition) is 3.